The number of hydrogen-bond acceptors (Lipinski definition) is 1. The summed E-state index contributed by atoms with van der Waals surface area (Å²) in [5.41, 5.74) is 9.62. The van der Waals surface area contributed by atoms with E-state index in [0.717, 1.165) is 12.0 Å². The number of rotatable bonds is 3. The molecule has 62 valence electrons. The monoisotopic (exact) mass is 151 g/mol. The molecule has 0 aliphatic carbocycles. The zero-order valence-electron chi connectivity index (χ0n) is 7.59. The fourth-order valence-corrected chi connectivity index (χ4v) is 0.770. The molecule has 1 heteroatoms. The van der Waals surface area contributed by atoms with Gasteiger partial charge in [0.05, 0.1) is 0 Å². The minimum absolute atomic E-state index is 0.535. The summed E-state index contributed by atoms with van der Waals surface area (Å²) in [7, 11) is 0. The standard InChI is InChI=1S/C10H17N/c1-4-6-7-10(8-11)9(3)5-2/h4,7-9H,5,11H2,1-3H3/b10-8+. The second kappa shape index (κ2) is 5.82. The molecule has 0 aromatic carbocycles. The molecular formula is C10H17N. The Morgan fingerprint density at radius 2 is 2.27 bits per heavy atom. The Kier molecular flexibility index (Phi) is 5.32. The lowest BCUT2D eigenvalue weighted by Gasteiger charge is -2.06. The second-order valence-corrected chi connectivity index (χ2v) is 2.58. The first kappa shape index (κ1) is 10.1. The molecular weight excluding hydrogens is 134 g/mol. The van der Waals surface area contributed by atoms with Gasteiger partial charge in [-0.05, 0) is 43.2 Å². The van der Waals surface area contributed by atoms with Crippen molar-refractivity contribution in [1.82, 2.24) is 0 Å². The molecule has 0 saturated carbocycles. The molecule has 1 unspecified atom stereocenters. The van der Waals surface area contributed by atoms with Gasteiger partial charge in [0.1, 0.15) is 0 Å². The summed E-state index contributed by atoms with van der Waals surface area (Å²) in [5, 5.41) is 0. The summed E-state index contributed by atoms with van der Waals surface area (Å²) in [6.07, 6.45) is 6.59. The fraction of sp³-hybridized carbons (Fsp3) is 0.500. The molecule has 0 rings (SSSR count). The highest BCUT2D eigenvalue weighted by Gasteiger charge is 2.00. The number of nitrogens with two attached hydrogens (primary N) is 1. The Hall–Kier alpha value is -0.940. The summed E-state index contributed by atoms with van der Waals surface area (Å²) in [5.74, 6) is 0.535. The SMILES string of the molecule is CC=C=C/C(=C\N)C(C)CC. The quantitative estimate of drug-likeness (QED) is 0.487. The van der Waals surface area contributed by atoms with E-state index in [9.17, 15) is 0 Å². The molecule has 11 heavy (non-hydrogen) atoms. The van der Waals surface area contributed by atoms with Crippen LogP contribution >= 0.6 is 0 Å². The predicted octanol–water partition coefficient (Wildman–Crippen LogP) is 2.61. The molecule has 0 aliphatic heterocycles. The largest absolute Gasteiger partial charge is 0.404 e. The highest BCUT2D eigenvalue weighted by molar-refractivity contribution is 5.19. The third-order valence-corrected chi connectivity index (χ3v) is 1.79. The smallest absolute Gasteiger partial charge is 0.00207 e. The van der Waals surface area contributed by atoms with Crippen LogP contribution in [0.3, 0.4) is 0 Å². The van der Waals surface area contributed by atoms with E-state index in [0.29, 0.717) is 5.92 Å². The first-order valence-electron chi connectivity index (χ1n) is 4.05. The Morgan fingerprint density at radius 1 is 1.64 bits per heavy atom. The van der Waals surface area contributed by atoms with E-state index in [-0.39, 0.29) is 0 Å². The highest BCUT2D eigenvalue weighted by atomic mass is 14.5. The molecule has 0 saturated heterocycles. The molecule has 0 amide bonds. The maximum absolute atomic E-state index is 5.44. The molecule has 0 aromatic heterocycles. The van der Waals surface area contributed by atoms with Crippen molar-refractivity contribution in [3.63, 3.8) is 0 Å². The van der Waals surface area contributed by atoms with Crippen LogP contribution in [-0.4, -0.2) is 0 Å². The molecule has 0 heterocycles. The van der Waals surface area contributed by atoms with Gasteiger partial charge in [0.25, 0.3) is 0 Å². The Labute approximate surface area is 69.3 Å². The summed E-state index contributed by atoms with van der Waals surface area (Å²) < 4.78 is 0. The van der Waals surface area contributed by atoms with Crippen molar-refractivity contribution in [3.8, 4) is 0 Å². The lowest BCUT2D eigenvalue weighted by Crippen LogP contribution is -1.97. The van der Waals surface area contributed by atoms with E-state index < -0.39 is 0 Å². The van der Waals surface area contributed by atoms with Crippen molar-refractivity contribution >= 4 is 0 Å². The van der Waals surface area contributed by atoms with Crippen LogP contribution in [0.5, 0.6) is 0 Å². The molecule has 0 radical (unpaired) electrons. The van der Waals surface area contributed by atoms with Crippen LogP contribution in [0, 0.1) is 5.92 Å². The van der Waals surface area contributed by atoms with E-state index >= 15 is 0 Å². The van der Waals surface area contributed by atoms with Crippen molar-refractivity contribution in [2.24, 2.45) is 11.7 Å². The van der Waals surface area contributed by atoms with E-state index in [1.54, 1.807) is 6.20 Å². The van der Waals surface area contributed by atoms with Gasteiger partial charge in [-0.3, -0.25) is 0 Å². The van der Waals surface area contributed by atoms with E-state index in [4.69, 9.17) is 5.73 Å². The summed E-state index contributed by atoms with van der Waals surface area (Å²) in [6.45, 7) is 6.26. The summed E-state index contributed by atoms with van der Waals surface area (Å²) in [6, 6.07) is 0. The normalized spacial score (nSPS) is 13.5. The van der Waals surface area contributed by atoms with Crippen LogP contribution in [0.25, 0.3) is 0 Å². The molecule has 0 spiro atoms. The average Bonchev–Trinajstić information content (AvgIpc) is 2.05. The minimum Gasteiger partial charge on any atom is -0.404 e. The van der Waals surface area contributed by atoms with Crippen LogP contribution in [0.15, 0.2) is 29.7 Å². The Balaban J connectivity index is 4.31. The third kappa shape index (κ3) is 3.69. The minimum atomic E-state index is 0.535. The number of allylic oxidation sites excluding steroid dienone is 2. The third-order valence-electron chi connectivity index (χ3n) is 1.79. The van der Waals surface area contributed by atoms with Crippen LogP contribution in [0.1, 0.15) is 27.2 Å². The Morgan fingerprint density at radius 3 is 2.64 bits per heavy atom. The second-order valence-electron chi connectivity index (χ2n) is 2.58. The van der Waals surface area contributed by atoms with Crippen molar-refractivity contribution < 1.29 is 0 Å². The maximum Gasteiger partial charge on any atom is -0.00207 e. The summed E-state index contributed by atoms with van der Waals surface area (Å²) in [4.78, 5) is 0. The van der Waals surface area contributed by atoms with Gasteiger partial charge in [-0.2, -0.15) is 0 Å². The van der Waals surface area contributed by atoms with Gasteiger partial charge < -0.3 is 5.73 Å². The summed E-state index contributed by atoms with van der Waals surface area (Å²) >= 11 is 0. The molecule has 2 N–H and O–H groups in total. The van der Waals surface area contributed by atoms with Crippen molar-refractivity contribution in [3.05, 3.63) is 29.7 Å². The van der Waals surface area contributed by atoms with Crippen molar-refractivity contribution in [2.75, 3.05) is 0 Å². The Bertz CT molecular complexity index is 183. The van der Waals surface area contributed by atoms with Gasteiger partial charge in [-0.1, -0.05) is 13.8 Å². The van der Waals surface area contributed by atoms with E-state index in [2.05, 4.69) is 19.6 Å². The molecule has 0 bridgehead atoms. The van der Waals surface area contributed by atoms with Gasteiger partial charge in [-0.15, -0.1) is 5.73 Å². The van der Waals surface area contributed by atoms with Crippen LogP contribution in [0.2, 0.25) is 0 Å². The van der Waals surface area contributed by atoms with Crippen LogP contribution < -0.4 is 5.73 Å². The van der Waals surface area contributed by atoms with Gasteiger partial charge in [0, 0.05) is 0 Å². The maximum atomic E-state index is 5.44. The molecule has 1 nitrogen and oxygen atoms in total. The van der Waals surface area contributed by atoms with Crippen LogP contribution in [0.4, 0.5) is 0 Å². The molecule has 0 fully saturated rings. The predicted molar refractivity (Wildman–Crippen MR) is 50.1 cm³/mol. The molecule has 0 aromatic rings. The van der Waals surface area contributed by atoms with Gasteiger partial charge in [0.15, 0.2) is 0 Å². The van der Waals surface area contributed by atoms with Crippen molar-refractivity contribution in [2.45, 2.75) is 27.2 Å². The number of hydrogen-bond donors (Lipinski definition) is 1. The van der Waals surface area contributed by atoms with Gasteiger partial charge >= 0.3 is 0 Å². The first-order chi connectivity index (χ1) is 5.26. The lowest BCUT2D eigenvalue weighted by molar-refractivity contribution is 0.669. The highest BCUT2D eigenvalue weighted by Crippen LogP contribution is 2.13. The van der Waals surface area contributed by atoms with Gasteiger partial charge in [0.2, 0.25) is 0 Å². The van der Waals surface area contributed by atoms with Gasteiger partial charge in [-0.25, -0.2) is 0 Å². The van der Waals surface area contributed by atoms with Crippen molar-refractivity contribution in [1.29, 1.82) is 0 Å². The fourth-order valence-electron chi connectivity index (χ4n) is 0.770. The molecule has 1 atom stereocenters. The van der Waals surface area contributed by atoms with Crippen LogP contribution in [-0.2, 0) is 0 Å². The average molecular weight is 151 g/mol. The van der Waals surface area contributed by atoms with E-state index in [1.165, 1.54) is 0 Å². The van der Waals surface area contributed by atoms with E-state index in [1.807, 2.05) is 19.1 Å². The first-order valence-corrected chi connectivity index (χ1v) is 4.05. The zero-order valence-corrected chi connectivity index (χ0v) is 7.59. The topological polar surface area (TPSA) is 26.0 Å². The molecule has 0 aliphatic rings. The zero-order chi connectivity index (χ0) is 8.69. The lowest BCUT2D eigenvalue weighted by atomic mass is 9.99.